The van der Waals surface area contributed by atoms with E-state index < -0.39 is 6.09 Å². The first-order valence-corrected chi connectivity index (χ1v) is 5.46. The van der Waals surface area contributed by atoms with Crippen molar-refractivity contribution in [3.63, 3.8) is 0 Å². The van der Waals surface area contributed by atoms with Gasteiger partial charge in [-0.05, 0) is 18.9 Å². The van der Waals surface area contributed by atoms with Crippen LogP contribution in [0.15, 0.2) is 24.5 Å². The molecule has 0 spiro atoms. The molecule has 1 amide bonds. The lowest BCUT2D eigenvalue weighted by atomic mass is 10.3. The Labute approximate surface area is 97.3 Å². The zero-order valence-electron chi connectivity index (χ0n) is 10.2. The molecule has 0 bridgehead atoms. The van der Waals surface area contributed by atoms with E-state index in [-0.39, 0.29) is 0 Å². The van der Waals surface area contributed by atoms with Crippen LogP contribution in [0, 0.1) is 0 Å². The smallest absolute Gasteiger partial charge is 0.407 e. The number of hydrogen-bond donors (Lipinski definition) is 1. The molecule has 0 fully saturated rings. The number of carbonyl (C=O) groups is 1. The van der Waals surface area contributed by atoms with Gasteiger partial charge in [-0.3, -0.25) is 0 Å². The van der Waals surface area contributed by atoms with Crippen LogP contribution in [0.4, 0.5) is 4.79 Å². The molecule has 4 heteroatoms. The van der Waals surface area contributed by atoms with Crippen molar-refractivity contribution in [1.82, 2.24) is 5.32 Å². The fraction of sp³-hybridized carbons (Fsp3) is 0.583. The van der Waals surface area contributed by atoms with E-state index in [1.807, 2.05) is 13.8 Å². The molecule has 0 heterocycles. The lowest BCUT2D eigenvalue weighted by Gasteiger charge is -2.09. The number of unbranched alkanes of at least 4 members (excludes halogenated alkanes) is 1. The fourth-order valence-corrected chi connectivity index (χ4v) is 0.811. The Bertz CT molecular complexity index is 249. The summed E-state index contributed by atoms with van der Waals surface area (Å²) in [6, 6.07) is 0. The zero-order chi connectivity index (χ0) is 12.4. The molecule has 0 unspecified atom stereocenters. The van der Waals surface area contributed by atoms with E-state index in [9.17, 15) is 4.79 Å². The summed E-state index contributed by atoms with van der Waals surface area (Å²) < 4.78 is 10.1. The molecule has 4 nitrogen and oxygen atoms in total. The number of carbonyl (C=O) groups excluding carboxylic acids is 1. The Morgan fingerprint density at radius 2 is 1.94 bits per heavy atom. The second kappa shape index (κ2) is 8.83. The lowest BCUT2D eigenvalue weighted by molar-refractivity contribution is 0.139. The van der Waals surface area contributed by atoms with Crippen molar-refractivity contribution in [2.45, 2.75) is 26.7 Å². The van der Waals surface area contributed by atoms with Gasteiger partial charge < -0.3 is 14.8 Å². The van der Waals surface area contributed by atoms with Crippen LogP contribution in [0.1, 0.15) is 26.7 Å². The molecule has 92 valence electrons. The standard InChI is InChI=1S/C12H21NO3/c1-5-6-8-16-12(14)13-7-9-15-11(4)10(2)3/h2,4-9H2,1,3H3,(H,13,14). The van der Waals surface area contributed by atoms with Gasteiger partial charge in [0.1, 0.15) is 12.4 Å². The second-order valence-electron chi connectivity index (χ2n) is 3.47. The average molecular weight is 227 g/mol. The summed E-state index contributed by atoms with van der Waals surface area (Å²) in [4.78, 5) is 11.1. The summed E-state index contributed by atoms with van der Waals surface area (Å²) in [5, 5.41) is 2.58. The number of alkyl carbamates (subject to hydrolysis) is 1. The molecule has 0 aliphatic heterocycles. The van der Waals surface area contributed by atoms with Crippen molar-refractivity contribution in [2.75, 3.05) is 19.8 Å². The van der Waals surface area contributed by atoms with Crippen LogP contribution in [-0.4, -0.2) is 25.9 Å². The fourth-order valence-electron chi connectivity index (χ4n) is 0.811. The van der Waals surface area contributed by atoms with E-state index in [0.29, 0.717) is 25.5 Å². The maximum atomic E-state index is 11.1. The Kier molecular flexibility index (Phi) is 8.03. The third kappa shape index (κ3) is 7.91. The molecule has 0 saturated heterocycles. The summed E-state index contributed by atoms with van der Waals surface area (Å²) >= 11 is 0. The largest absolute Gasteiger partial charge is 0.492 e. The summed E-state index contributed by atoms with van der Waals surface area (Å²) in [6.07, 6.45) is 1.49. The van der Waals surface area contributed by atoms with E-state index in [1.165, 1.54) is 0 Å². The highest BCUT2D eigenvalue weighted by Crippen LogP contribution is 2.03. The van der Waals surface area contributed by atoms with E-state index >= 15 is 0 Å². The van der Waals surface area contributed by atoms with Crippen molar-refractivity contribution in [1.29, 1.82) is 0 Å². The third-order valence-electron chi connectivity index (χ3n) is 1.85. The van der Waals surface area contributed by atoms with Gasteiger partial charge in [0.2, 0.25) is 0 Å². The van der Waals surface area contributed by atoms with Crippen molar-refractivity contribution in [2.24, 2.45) is 0 Å². The molecule has 0 radical (unpaired) electrons. The van der Waals surface area contributed by atoms with Crippen LogP contribution in [-0.2, 0) is 9.47 Å². The number of ether oxygens (including phenoxy) is 2. The predicted molar refractivity (Wildman–Crippen MR) is 64.2 cm³/mol. The third-order valence-corrected chi connectivity index (χ3v) is 1.85. The van der Waals surface area contributed by atoms with Gasteiger partial charge in [-0.15, -0.1) is 0 Å². The minimum Gasteiger partial charge on any atom is -0.492 e. The molecular formula is C12H21NO3. The number of allylic oxidation sites excluding steroid dienone is 1. The normalized spacial score (nSPS) is 9.38. The summed E-state index contributed by atoms with van der Waals surface area (Å²) in [5.74, 6) is 0.543. The van der Waals surface area contributed by atoms with Gasteiger partial charge in [-0.25, -0.2) is 4.79 Å². The molecule has 0 rings (SSSR count). The number of amides is 1. The Hall–Kier alpha value is -1.45. The molecule has 1 N–H and O–H groups in total. The van der Waals surface area contributed by atoms with E-state index in [2.05, 4.69) is 18.5 Å². The molecule has 0 aromatic rings. The monoisotopic (exact) mass is 227 g/mol. The van der Waals surface area contributed by atoms with Gasteiger partial charge in [0, 0.05) is 0 Å². The van der Waals surface area contributed by atoms with Gasteiger partial charge in [-0.2, -0.15) is 0 Å². The van der Waals surface area contributed by atoms with Crippen LogP contribution < -0.4 is 5.32 Å². The van der Waals surface area contributed by atoms with Crippen LogP contribution >= 0.6 is 0 Å². The van der Waals surface area contributed by atoms with Gasteiger partial charge in [-0.1, -0.05) is 26.5 Å². The highest BCUT2D eigenvalue weighted by atomic mass is 16.5. The van der Waals surface area contributed by atoms with E-state index in [0.717, 1.165) is 18.4 Å². The summed E-state index contributed by atoms with van der Waals surface area (Å²) in [5.41, 5.74) is 0.783. The number of hydrogen-bond acceptors (Lipinski definition) is 3. The maximum absolute atomic E-state index is 11.1. The van der Waals surface area contributed by atoms with Crippen LogP contribution in [0.25, 0.3) is 0 Å². The minimum atomic E-state index is -0.405. The molecule has 16 heavy (non-hydrogen) atoms. The Balaban J connectivity index is 3.41. The van der Waals surface area contributed by atoms with Crippen LogP contribution in [0.3, 0.4) is 0 Å². The van der Waals surface area contributed by atoms with Crippen LogP contribution in [0.5, 0.6) is 0 Å². The molecule has 0 aromatic heterocycles. The van der Waals surface area contributed by atoms with E-state index in [4.69, 9.17) is 9.47 Å². The molecule has 0 atom stereocenters. The topological polar surface area (TPSA) is 47.6 Å². The maximum Gasteiger partial charge on any atom is 0.407 e. The van der Waals surface area contributed by atoms with Crippen molar-refractivity contribution in [3.8, 4) is 0 Å². The highest BCUT2D eigenvalue weighted by molar-refractivity contribution is 5.66. The molecule has 0 aliphatic rings. The van der Waals surface area contributed by atoms with Crippen molar-refractivity contribution in [3.05, 3.63) is 24.5 Å². The number of nitrogens with one attached hydrogen (secondary N) is 1. The summed E-state index contributed by atoms with van der Waals surface area (Å²) in [7, 11) is 0. The first kappa shape index (κ1) is 14.6. The average Bonchev–Trinajstić information content (AvgIpc) is 2.24. The van der Waals surface area contributed by atoms with Gasteiger partial charge in [0.25, 0.3) is 0 Å². The van der Waals surface area contributed by atoms with Crippen LogP contribution in [0.2, 0.25) is 0 Å². The van der Waals surface area contributed by atoms with Gasteiger partial charge in [0.05, 0.1) is 13.2 Å². The van der Waals surface area contributed by atoms with Crippen molar-refractivity contribution >= 4 is 6.09 Å². The molecule has 0 aliphatic carbocycles. The first-order valence-electron chi connectivity index (χ1n) is 5.46. The molecule has 0 aromatic carbocycles. The van der Waals surface area contributed by atoms with E-state index in [1.54, 1.807) is 0 Å². The second-order valence-corrected chi connectivity index (χ2v) is 3.47. The predicted octanol–water partition coefficient (Wildman–Crippen LogP) is 2.62. The Morgan fingerprint density at radius 3 is 2.50 bits per heavy atom. The minimum absolute atomic E-state index is 0.370. The highest BCUT2D eigenvalue weighted by Gasteiger charge is 2.00. The Morgan fingerprint density at radius 1 is 1.25 bits per heavy atom. The summed E-state index contributed by atoms with van der Waals surface area (Å²) in [6.45, 7) is 12.4. The number of rotatable bonds is 8. The first-order chi connectivity index (χ1) is 7.57. The lowest BCUT2D eigenvalue weighted by Crippen LogP contribution is -2.28. The van der Waals surface area contributed by atoms with Gasteiger partial charge in [0.15, 0.2) is 0 Å². The molecule has 0 saturated carbocycles. The zero-order valence-corrected chi connectivity index (χ0v) is 10.2. The van der Waals surface area contributed by atoms with Crippen molar-refractivity contribution < 1.29 is 14.3 Å². The quantitative estimate of drug-likeness (QED) is 0.394. The SMILES string of the molecule is C=C(C)C(=C)OCCNC(=O)OCCCC. The molecular weight excluding hydrogens is 206 g/mol. The van der Waals surface area contributed by atoms with Gasteiger partial charge >= 0.3 is 6.09 Å².